The molecule has 1 aliphatic rings. The Morgan fingerprint density at radius 3 is 2.19 bits per heavy atom. The minimum atomic E-state index is -3.25. The molecule has 1 heterocycles. The summed E-state index contributed by atoms with van der Waals surface area (Å²) in [7, 11) is -1.81. The maximum absolute atomic E-state index is 12.7. The smallest absolute Gasteiger partial charge is 0.326 e. The molecule has 0 aromatic carbocycles. The highest BCUT2D eigenvalue weighted by Gasteiger charge is 2.35. The number of amides is 1. The van der Waals surface area contributed by atoms with Gasteiger partial charge in [-0.2, -0.15) is 0 Å². The van der Waals surface area contributed by atoms with Crippen LogP contribution in [0.2, 0.25) is 0 Å². The first-order valence-corrected chi connectivity index (χ1v) is 10.5. The Balaban J connectivity index is 2.87. The minimum Gasteiger partial charge on any atom is -0.459 e. The van der Waals surface area contributed by atoms with Gasteiger partial charge in [-0.25, -0.2) is 12.7 Å². The Kier molecular flexibility index (Phi) is 8.04. The van der Waals surface area contributed by atoms with Crippen molar-refractivity contribution in [2.45, 2.75) is 65.2 Å². The van der Waals surface area contributed by atoms with Crippen LogP contribution in [0.25, 0.3) is 0 Å². The van der Waals surface area contributed by atoms with Crippen LogP contribution in [0.1, 0.15) is 47.5 Å². The summed E-state index contributed by atoms with van der Waals surface area (Å²) in [6.45, 7) is 9.03. The maximum atomic E-state index is 12.7. The number of nitrogens with zero attached hydrogens (tertiary/aromatic N) is 2. The maximum Gasteiger partial charge on any atom is 0.326 e. The second-order valence-electron chi connectivity index (χ2n) is 7.46. The van der Waals surface area contributed by atoms with Gasteiger partial charge in [0.15, 0.2) is 0 Å². The van der Waals surface area contributed by atoms with E-state index in [1.165, 1.54) is 16.3 Å². The van der Waals surface area contributed by atoms with Gasteiger partial charge in [0.05, 0.1) is 5.75 Å². The summed E-state index contributed by atoms with van der Waals surface area (Å²) >= 11 is 0. The van der Waals surface area contributed by atoms with Crippen molar-refractivity contribution >= 4 is 21.9 Å². The normalized spacial score (nSPS) is 18.4. The number of piperidine rings is 1. The van der Waals surface area contributed by atoms with Crippen molar-refractivity contribution in [2.24, 2.45) is 0 Å². The fraction of sp³-hybridized carbons (Fsp3) is 0.882. The van der Waals surface area contributed by atoms with Crippen molar-refractivity contribution in [3.63, 3.8) is 0 Å². The number of hydrogen-bond acceptors (Lipinski definition) is 6. The molecule has 1 rings (SSSR count). The predicted octanol–water partition coefficient (Wildman–Crippen LogP) is 1.01. The number of methoxy groups -OCH3 is 1. The van der Waals surface area contributed by atoms with Crippen LogP contribution in [0.4, 0.5) is 0 Å². The molecule has 1 saturated heterocycles. The van der Waals surface area contributed by atoms with Crippen molar-refractivity contribution in [3.05, 3.63) is 0 Å². The van der Waals surface area contributed by atoms with E-state index in [0.29, 0.717) is 25.9 Å². The number of esters is 1. The van der Waals surface area contributed by atoms with E-state index in [9.17, 15) is 18.0 Å². The standard InChI is InChI=1S/C17H32N2O6S/c1-7-26(22,23)18-10-8-14(9-11-18)19(16(21)13(2)24-6)12-15(20)25-17(3,4)5/h13-14H,7-12H2,1-6H3. The molecular formula is C17H32N2O6S. The Bertz CT molecular complexity index is 591. The molecule has 1 atom stereocenters. The quantitative estimate of drug-likeness (QED) is 0.600. The van der Waals surface area contributed by atoms with E-state index in [4.69, 9.17) is 9.47 Å². The molecule has 152 valence electrons. The Labute approximate surface area is 156 Å². The Morgan fingerprint density at radius 1 is 1.23 bits per heavy atom. The summed E-state index contributed by atoms with van der Waals surface area (Å²) in [5.74, 6) is -0.730. The van der Waals surface area contributed by atoms with Gasteiger partial charge in [-0.15, -0.1) is 0 Å². The lowest BCUT2D eigenvalue weighted by Gasteiger charge is -2.38. The average Bonchev–Trinajstić information content (AvgIpc) is 2.57. The van der Waals surface area contributed by atoms with Crippen LogP contribution in [-0.2, 0) is 29.1 Å². The number of carbonyl (C=O) groups is 2. The molecule has 0 saturated carbocycles. The molecule has 1 unspecified atom stereocenters. The summed E-state index contributed by atoms with van der Waals surface area (Å²) in [6.07, 6.45) is 0.267. The van der Waals surface area contributed by atoms with E-state index in [-0.39, 0.29) is 24.2 Å². The number of ether oxygens (including phenoxy) is 2. The van der Waals surface area contributed by atoms with Gasteiger partial charge in [0, 0.05) is 26.2 Å². The van der Waals surface area contributed by atoms with Crippen molar-refractivity contribution in [3.8, 4) is 0 Å². The van der Waals surface area contributed by atoms with E-state index in [1.807, 2.05) is 0 Å². The van der Waals surface area contributed by atoms with E-state index in [1.54, 1.807) is 34.6 Å². The molecule has 0 spiro atoms. The summed E-state index contributed by atoms with van der Waals surface area (Å²) < 4.78 is 35.9. The van der Waals surface area contributed by atoms with Crippen molar-refractivity contribution in [2.75, 3.05) is 32.5 Å². The SMILES string of the molecule is CCS(=O)(=O)N1CCC(N(CC(=O)OC(C)(C)C)C(=O)C(C)OC)CC1. The van der Waals surface area contributed by atoms with Crippen LogP contribution in [-0.4, -0.2) is 79.7 Å². The summed E-state index contributed by atoms with van der Waals surface area (Å²) in [4.78, 5) is 26.4. The topological polar surface area (TPSA) is 93.2 Å². The van der Waals surface area contributed by atoms with Crippen LogP contribution in [0, 0.1) is 0 Å². The predicted molar refractivity (Wildman–Crippen MR) is 98.1 cm³/mol. The lowest BCUT2D eigenvalue weighted by Crippen LogP contribution is -2.53. The molecule has 1 fully saturated rings. The van der Waals surface area contributed by atoms with E-state index < -0.39 is 27.7 Å². The largest absolute Gasteiger partial charge is 0.459 e. The molecule has 1 amide bonds. The average molecular weight is 393 g/mol. The monoisotopic (exact) mass is 392 g/mol. The summed E-state index contributed by atoms with van der Waals surface area (Å²) in [5.41, 5.74) is -0.642. The molecular weight excluding hydrogens is 360 g/mol. The van der Waals surface area contributed by atoms with E-state index in [0.717, 1.165) is 0 Å². The number of carbonyl (C=O) groups excluding carboxylic acids is 2. The van der Waals surface area contributed by atoms with Gasteiger partial charge in [-0.1, -0.05) is 0 Å². The highest BCUT2D eigenvalue weighted by atomic mass is 32.2. The van der Waals surface area contributed by atoms with Crippen LogP contribution in [0.3, 0.4) is 0 Å². The molecule has 9 heteroatoms. The third-order valence-electron chi connectivity index (χ3n) is 4.33. The van der Waals surface area contributed by atoms with Crippen LogP contribution in [0.15, 0.2) is 0 Å². The fourth-order valence-electron chi connectivity index (χ4n) is 2.85. The zero-order valence-corrected chi connectivity index (χ0v) is 17.5. The van der Waals surface area contributed by atoms with Gasteiger partial charge in [0.25, 0.3) is 5.91 Å². The van der Waals surface area contributed by atoms with E-state index >= 15 is 0 Å². The third-order valence-corrected chi connectivity index (χ3v) is 6.21. The summed E-state index contributed by atoms with van der Waals surface area (Å²) in [6, 6.07) is -0.226. The zero-order chi connectivity index (χ0) is 20.1. The first-order chi connectivity index (χ1) is 11.9. The number of hydrogen-bond donors (Lipinski definition) is 0. The molecule has 0 aliphatic carbocycles. The van der Waals surface area contributed by atoms with Crippen molar-refractivity contribution in [1.29, 1.82) is 0 Å². The first-order valence-electron chi connectivity index (χ1n) is 8.94. The van der Waals surface area contributed by atoms with Gasteiger partial charge < -0.3 is 14.4 Å². The Hall–Kier alpha value is -1.19. The van der Waals surface area contributed by atoms with Crippen molar-refractivity contribution in [1.82, 2.24) is 9.21 Å². The zero-order valence-electron chi connectivity index (χ0n) is 16.6. The van der Waals surface area contributed by atoms with Crippen molar-refractivity contribution < 1.29 is 27.5 Å². The van der Waals surface area contributed by atoms with Crippen LogP contribution < -0.4 is 0 Å². The van der Waals surface area contributed by atoms with Gasteiger partial charge in [0.2, 0.25) is 10.0 Å². The second kappa shape index (κ2) is 9.14. The fourth-order valence-corrected chi connectivity index (χ4v) is 3.98. The molecule has 8 nitrogen and oxygen atoms in total. The van der Waals surface area contributed by atoms with Crippen LogP contribution >= 0.6 is 0 Å². The minimum absolute atomic E-state index is 0.0545. The second-order valence-corrected chi connectivity index (χ2v) is 9.72. The number of sulfonamides is 1. The molecule has 1 aliphatic heterocycles. The van der Waals surface area contributed by atoms with Gasteiger partial charge in [-0.05, 0) is 47.5 Å². The Morgan fingerprint density at radius 2 is 1.77 bits per heavy atom. The highest BCUT2D eigenvalue weighted by Crippen LogP contribution is 2.21. The van der Waals surface area contributed by atoms with Gasteiger partial charge in [-0.3, -0.25) is 9.59 Å². The van der Waals surface area contributed by atoms with Crippen LogP contribution in [0.5, 0.6) is 0 Å². The van der Waals surface area contributed by atoms with Gasteiger partial charge in [0.1, 0.15) is 18.2 Å². The highest BCUT2D eigenvalue weighted by molar-refractivity contribution is 7.89. The lowest BCUT2D eigenvalue weighted by molar-refractivity contribution is -0.162. The molecule has 0 aromatic heterocycles. The molecule has 0 aromatic rings. The molecule has 0 N–H and O–H groups in total. The molecule has 0 bridgehead atoms. The molecule has 0 radical (unpaired) electrons. The van der Waals surface area contributed by atoms with Gasteiger partial charge >= 0.3 is 5.97 Å². The molecule has 26 heavy (non-hydrogen) atoms. The third kappa shape index (κ3) is 6.51. The van der Waals surface area contributed by atoms with E-state index in [2.05, 4.69) is 0 Å². The number of rotatable bonds is 7. The first kappa shape index (κ1) is 22.9. The lowest BCUT2D eigenvalue weighted by atomic mass is 10.0. The summed E-state index contributed by atoms with van der Waals surface area (Å²) in [5, 5.41) is 0.